The number of rotatable bonds is 14. The van der Waals surface area contributed by atoms with E-state index < -0.39 is 43.2 Å². The molecule has 0 N–H and O–H groups in total. The van der Waals surface area contributed by atoms with Gasteiger partial charge in [0.25, 0.3) is 0 Å². The van der Waals surface area contributed by atoms with Crippen LogP contribution in [0.2, 0.25) is 0 Å². The Morgan fingerprint density at radius 2 is 1.87 bits per heavy atom. The molecule has 0 amide bonds. The van der Waals surface area contributed by atoms with Crippen LogP contribution in [0.5, 0.6) is 0 Å². The number of hydrogen-bond donors (Lipinski definition) is 0. The van der Waals surface area contributed by atoms with E-state index in [1.807, 2.05) is 13.8 Å². The fourth-order valence-corrected chi connectivity index (χ4v) is 3.96. The largest absolute Gasteiger partial charge is 0.464 e. The molecule has 1 saturated heterocycles. The van der Waals surface area contributed by atoms with Gasteiger partial charge < -0.3 is 9.47 Å². The van der Waals surface area contributed by atoms with Gasteiger partial charge in [-0.2, -0.15) is 0 Å². The van der Waals surface area contributed by atoms with Gasteiger partial charge in [-0.1, -0.05) is 19.8 Å². The number of esters is 2. The van der Waals surface area contributed by atoms with Gasteiger partial charge in [0.15, 0.2) is 6.30 Å². The molecule has 1 fully saturated rings. The van der Waals surface area contributed by atoms with Crippen molar-refractivity contribution in [2.75, 3.05) is 26.5 Å². The topological polar surface area (TPSA) is 55.8 Å². The fraction of sp³-hybridized carbons (Fsp3) is 0.909. The molecule has 3 atom stereocenters. The second-order valence-electron chi connectivity index (χ2n) is 8.62. The quantitative estimate of drug-likeness (QED) is 0.219. The van der Waals surface area contributed by atoms with Crippen LogP contribution in [0.25, 0.3) is 0 Å². The molecule has 0 radical (unpaired) electrons. The Hall–Kier alpha value is -1.31. The highest BCUT2D eigenvalue weighted by Crippen LogP contribution is 2.34. The molecule has 0 aromatic rings. The maximum atomic E-state index is 14.9. The second kappa shape index (κ2) is 13.9. The minimum Gasteiger partial charge on any atom is -0.464 e. The molecule has 0 aliphatic carbocycles. The van der Waals surface area contributed by atoms with Gasteiger partial charge in [0.05, 0.1) is 19.3 Å². The van der Waals surface area contributed by atoms with Gasteiger partial charge >= 0.3 is 11.9 Å². The molecule has 3 unspecified atom stereocenters. The van der Waals surface area contributed by atoms with Crippen molar-refractivity contribution in [3.05, 3.63) is 0 Å². The van der Waals surface area contributed by atoms with Gasteiger partial charge in [-0.25, -0.2) is 4.39 Å². The van der Waals surface area contributed by atoms with Crippen molar-refractivity contribution < 1.29 is 32.2 Å². The molecule has 0 spiro atoms. The number of carbonyl (C=O) groups is 2. The lowest BCUT2D eigenvalue weighted by Crippen LogP contribution is -2.57. The zero-order valence-electron chi connectivity index (χ0n) is 18.6. The third kappa shape index (κ3) is 9.23. The molecule has 0 bridgehead atoms. The summed E-state index contributed by atoms with van der Waals surface area (Å²) in [5.74, 6) is -1.55. The zero-order valence-corrected chi connectivity index (χ0v) is 18.6. The Bertz CT molecular complexity index is 519. The van der Waals surface area contributed by atoms with Gasteiger partial charge in [0.1, 0.15) is 12.7 Å². The first-order valence-corrected chi connectivity index (χ1v) is 11.1. The van der Waals surface area contributed by atoms with Crippen LogP contribution in [0.4, 0.5) is 13.2 Å². The van der Waals surface area contributed by atoms with E-state index in [0.29, 0.717) is 12.8 Å². The molecule has 30 heavy (non-hydrogen) atoms. The highest BCUT2D eigenvalue weighted by Gasteiger charge is 2.42. The predicted molar refractivity (Wildman–Crippen MR) is 109 cm³/mol. The summed E-state index contributed by atoms with van der Waals surface area (Å²) in [7, 11) is 0. The normalized spacial score (nSPS) is 22.5. The molecular formula is C22H38F3NO4. The van der Waals surface area contributed by atoms with E-state index in [0.717, 1.165) is 19.3 Å². The van der Waals surface area contributed by atoms with Crippen molar-refractivity contribution in [1.82, 2.24) is 4.90 Å². The van der Waals surface area contributed by atoms with E-state index in [4.69, 9.17) is 9.47 Å². The molecule has 1 heterocycles. The standard InChI is InChI=1S/C22H38F3NO4/c1-4-5-6-9-20(27)29-14-13-26-19(25)15-18(16-22(26,2)3)30-21(28)17(10-12-24)8-7-11-23/h17-19H,4-16H2,1-3H3. The van der Waals surface area contributed by atoms with E-state index in [1.165, 1.54) is 0 Å². The highest BCUT2D eigenvalue weighted by molar-refractivity contribution is 5.72. The van der Waals surface area contributed by atoms with E-state index in [9.17, 15) is 22.8 Å². The van der Waals surface area contributed by atoms with Crippen LogP contribution in [-0.4, -0.2) is 61.3 Å². The van der Waals surface area contributed by atoms with E-state index >= 15 is 0 Å². The Morgan fingerprint density at radius 1 is 1.13 bits per heavy atom. The molecule has 176 valence electrons. The summed E-state index contributed by atoms with van der Waals surface area (Å²) in [6.45, 7) is 4.88. The average Bonchev–Trinajstić information content (AvgIpc) is 2.67. The first-order chi connectivity index (χ1) is 14.2. The first kappa shape index (κ1) is 26.7. The molecule has 1 aliphatic rings. The summed E-state index contributed by atoms with van der Waals surface area (Å²) in [5, 5.41) is 0. The number of ether oxygens (including phenoxy) is 2. The van der Waals surface area contributed by atoms with Crippen LogP contribution in [0, 0.1) is 5.92 Å². The van der Waals surface area contributed by atoms with Crippen molar-refractivity contribution in [3.8, 4) is 0 Å². The monoisotopic (exact) mass is 437 g/mol. The van der Waals surface area contributed by atoms with Crippen molar-refractivity contribution >= 4 is 11.9 Å². The maximum absolute atomic E-state index is 14.9. The van der Waals surface area contributed by atoms with Crippen LogP contribution in [-0.2, 0) is 19.1 Å². The summed E-state index contributed by atoms with van der Waals surface area (Å²) >= 11 is 0. The van der Waals surface area contributed by atoms with Crippen molar-refractivity contribution in [2.45, 2.75) is 96.5 Å². The molecule has 5 nitrogen and oxygen atoms in total. The molecule has 0 saturated carbocycles. The lowest BCUT2D eigenvalue weighted by Gasteiger charge is -2.47. The summed E-state index contributed by atoms with van der Waals surface area (Å²) in [4.78, 5) is 25.7. The van der Waals surface area contributed by atoms with Crippen LogP contribution in [0.15, 0.2) is 0 Å². The Labute approximate surface area is 178 Å². The number of hydrogen-bond acceptors (Lipinski definition) is 5. The van der Waals surface area contributed by atoms with Crippen molar-refractivity contribution in [2.24, 2.45) is 5.92 Å². The SMILES string of the molecule is CCCCCC(=O)OCCN1C(F)CC(OC(=O)C(CCF)CCCF)CC1(C)C. The number of carbonyl (C=O) groups excluding carboxylic acids is 2. The van der Waals surface area contributed by atoms with E-state index in [-0.39, 0.29) is 44.8 Å². The number of likely N-dealkylation sites (tertiary alicyclic amines) is 1. The van der Waals surface area contributed by atoms with Crippen molar-refractivity contribution in [1.29, 1.82) is 0 Å². The Balaban J connectivity index is 2.53. The number of alkyl halides is 3. The Kier molecular flexibility index (Phi) is 12.4. The smallest absolute Gasteiger partial charge is 0.309 e. The maximum Gasteiger partial charge on any atom is 0.309 e. The number of halogens is 3. The molecule has 0 aromatic carbocycles. The van der Waals surface area contributed by atoms with Crippen LogP contribution >= 0.6 is 0 Å². The predicted octanol–water partition coefficient (Wildman–Crippen LogP) is 4.92. The first-order valence-electron chi connectivity index (χ1n) is 11.1. The third-order valence-corrected chi connectivity index (χ3v) is 5.64. The fourth-order valence-electron chi connectivity index (χ4n) is 3.96. The molecule has 1 aliphatic heterocycles. The number of nitrogens with zero attached hydrogens (tertiary/aromatic N) is 1. The summed E-state index contributed by atoms with van der Waals surface area (Å²) < 4.78 is 50.7. The molecule has 0 aromatic heterocycles. The highest BCUT2D eigenvalue weighted by atomic mass is 19.1. The summed E-state index contributed by atoms with van der Waals surface area (Å²) in [5.41, 5.74) is -0.605. The minimum atomic E-state index is -1.35. The number of piperidine rings is 1. The van der Waals surface area contributed by atoms with E-state index in [1.54, 1.807) is 4.90 Å². The van der Waals surface area contributed by atoms with Gasteiger partial charge in [0.2, 0.25) is 0 Å². The van der Waals surface area contributed by atoms with Gasteiger partial charge in [-0.05, 0) is 39.5 Å². The van der Waals surface area contributed by atoms with Crippen LogP contribution in [0.3, 0.4) is 0 Å². The zero-order chi connectivity index (χ0) is 22.6. The lowest BCUT2D eigenvalue weighted by molar-refractivity contribution is -0.168. The lowest BCUT2D eigenvalue weighted by atomic mass is 9.87. The number of unbranched alkanes of at least 4 members (excludes halogenated alkanes) is 2. The van der Waals surface area contributed by atoms with Crippen LogP contribution < -0.4 is 0 Å². The van der Waals surface area contributed by atoms with Gasteiger partial charge in [-0.3, -0.25) is 23.3 Å². The van der Waals surface area contributed by atoms with Gasteiger partial charge in [-0.15, -0.1) is 0 Å². The molecule has 8 heteroatoms. The summed E-state index contributed by atoms with van der Waals surface area (Å²) in [6, 6.07) is 0. The molecular weight excluding hydrogens is 399 g/mol. The minimum absolute atomic E-state index is 0.00503. The van der Waals surface area contributed by atoms with Gasteiger partial charge in [0, 0.05) is 31.3 Å². The average molecular weight is 438 g/mol. The van der Waals surface area contributed by atoms with Crippen molar-refractivity contribution in [3.63, 3.8) is 0 Å². The summed E-state index contributed by atoms with van der Waals surface area (Å²) in [6.07, 6.45) is 1.99. The Morgan fingerprint density at radius 3 is 2.47 bits per heavy atom. The second-order valence-corrected chi connectivity index (χ2v) is 8.62. The third-order valence-electron chi connectivity index (χ3n) is 5.64. The van der Waals surface area contributed by atoms with Crippen LogP contribution in [0.1, 0.15) is 78.6 Å². The molecule has 1 rings (SSSR count). The van der Waals surface area contributed by atoms with E-state index in [2.05, 4.69) is 6.92 Å².